The fourth-order valence-electron chi connectivity index (χ4n) is 0.603. The van der Waals surface area contributed by atoms with Crippen LogP contribution in [0.2, 0.25) is 0 Å². The Balaban J connectivity index is 3.71. The Labute approximate surface area is 80.5 Å². The number of hydrogen-bond donors (Lipinski definition) is 2. The van der Waals surface area contributed by atoms with Crippen LogP contribution in [0, 0.1) is 0 Å². The van der Waals surface area contributed by atoms with Gasteiger partial charge in [-0.1, -0.05) is 0 Å². The Kier molecular flexibility index (Phi) is 5.51. The van der Waals surface area contributed by atoms with Crippen molar-refractivity contribution in [1.82, 2.24) is 5.43 Å². The number of hydrazine groups is 1. The molecule has 5 nitrogen and oxygen atoms in total. The van der Waals surface area contributed by atoms with Crippen LogP contribution in [0.1, 0.15) is 13.8 Å². The van der Waals surface area contributed by atoms with Crippen molar-refractivity contribution in [1.29, 1.82) is 0 Å². The van der Waals surface area contributed by atoms with Gasteiger partial charge in [-0.25, -0.2) is 5.84 Å². The Morgan fingerprint density at radius 3 is 2.50 bits per heavy atom. The lowest BCUT2D eigenvalue weighted by Crippen LogP contribution is -2.45. The van der Waals surface area contributed by atoms with Crippen molar-refractivity contribution in [3.8, 4) is 0 Å². The van der Waals surface area contributed by atoms with E-state index < -0.39 is 12.0 Å². The Bertz CT molecular complexity index is 188. The van der Waals surface area contributed by atoms with Crippen LogP contribution in [0.25, 0.3) is 0 Å². The number of nitrogens with two attached hydrogens (primary N) is 1. The maximum Gasteiger partial charge on any atom is 0.437 e. The summed E-state index contributed by atoms with van der Waals surface area (Å²) in [6.07, 6.45) is -3.98. The van der Waals surface area contributed by atoms with Gasteiger partial charge >= 0.3 is 12.0 Å². The lowest BCUT2D eigenvalue weighted by atomic mass is 10.5. The van der Waals surface area contributed by atoms with E-state index in [9.17, 15) is 13.6 Å². The van der Waals surface area contributed by atoms with Crippen LogP contribution >= 0.6 is 0 Å². The zero-order chi connectivity index (χ0) is 11.2. The molecule has 0 radical (unpaired) electrons. The minimum atomic E-state index is -3.91. The molecule has 84 valence electrons. The molecule has 0 rings (SSSR count). The van der Waals surface area contributed by atoms with E-state index in [0.717, 1.165) is 0 Å². The third-order valence-corrected chi connectivity index (χ3v) is 1.21. The number of ether oxygens (including phenoxy) is 2. The fourth-order valence-corrected chi connectivity index (χ4v) is 0.603. The Morgan fingerprint density at radius 1 is 1.50 bits per heavy atom. The van der Waals surface area contributed by atoms with E-state index >= 15 is 0 Å². The normalized spacial score (nSPS) is 11.9. The predicted octanol–water partition coefficient (Wildman–Crippen LogP) is 0.0107. The molecule has 0 fully saturated rings. The number of rotatable bonds is 6. The molecule has 0 aromatic rings. The van der Waals surface area contributed by atoms with Gasteiger partial charge in [0, 0.05) is 0 Å². The van der Waals surface area contributed by atoms with Crippen LogP contribution in [0.15, 0.2) is 0 Å². The van der Waals surface area contributed by atoms with E-state index in [1.54, 1.807) is 13.8 Å². The molecule has 0 atom stereocenters. The molecule has 0 aliphatic rings. The lowest BCUT2D eigenvalue weighted by molar-refractivity contribution is -0.235. The topological polar surface area (TPSA) is 73.6 Å². The number of hydrogen-bond acceptors (Lipinski definition) is 4. The van der Waals surface area contributed by atoms with E-state index in [-0.39, 0.29) is 19.3 Å². The number of nitrogens with one attached hydrogen (secondary N) is 1. The van der Waals surface area contributed by atoms with Crippen LogP contribution in [-0.4, -0.2) is 31.3 Å². The largest absolute Gasteiger partial charge is 0.437 e. The van der Waals surface area contributed by atoms with E-state index in [4.69, 9.17) is 4.74 Å². The summed E-state index contributed by atoms with van der Waals surface area (Å²) in [7, 11) is 0. The molecule has 0 saturated carbocycles. The predicted molar refractivity (Wildman–Crippen MR) is 44.3 cm³/mol. The monoisotopic (exact) mass is 212 g/mol. The van der Waals surface area contributed by atoms with Gasteiger partial charge in [0.2, 0.25) is 0 Å². The second-order valence-corrected chi connectivity index (χ2v) is 2.76. The van der Waals surface area contributed by atoms with Gasteiger partial charge < -0.3 is 9.47 Å². The molecule has 7 heteroatoms. The van der Waals surface area contributed by atoms with Crippen molar-refractivity contribution >= 4 is 5.91 Å². The molecular weight excluding hydrogens is 198 g/mol. The molecule has 14 heavy (non-hydrogen) atoms. The van der Waals surface area contributed by atoms with Crippen molar-refractivity contribution in [2.75, 3.05) is 13.2 Å². The summed E-state index contributed by atoms with van der Waals surface area (Å²) < 4.78 is 34.1. The molecule has 0 bridgehead atoms. The molecule has 0 aromatic carbocycles. The number of halogens is 2. The SMILES string of the molecule is CC(C)OCCOC(F)(F)C(=O)NN. The molecule has 1 amide bonds. The smallest absolute Gasteiger partial charge is 0.376 e. The molecule has 0 spiro atoms. The molecule has 0 saturated heterocycles. The average molecular weight is 212 g/mol. The first-order valence-electron chi connectivity index (χ1n) is 4.04. The second-order valence-electron chi connectivity index (χ2n) is 2.76. The number of carbonyl (C=O) groups excluding carboxylic acids is 1. The van der Waals surface area contributed by atoms with Crippen molar-refractivity contribution in [2.45, 2.75) is 26.1 Å². The molecule has 0 aliphatic heterocycles. The standard InChI is InChI=1S/C7H14F2N2O3/c1-5(2)13-3-4-14-7(8,9)6(12)11-10/h5H,3-4,10H2,1-2H3,(H,11,12). The molecule has 0 aromatic heterocycles. The molecule has 0 heterocycles. The van der Waals surface area contributed by atoms with Crippen LogP contribution in [0.4, 0.5) is 8.78 Å². The molecule has 0 unspecified atom stereocenters. The highest BCUT2D eigenvalue weighted by Crippen LogP contribution is 2.14. The van der Waals surface area contributed by atoms with Crippen molar-refractivity contribution in [2.24, 2.45) is 5.84 Å². The summed E-state index contributed by atoms with van der Waals surface area (Å²) in [6, 6.07) is 0. The Morgan fingerprint density at radius 2 is 2.07 bits per heavy atom. The first kappa shape index (κ1) is 13.2. The third kappa shape index (κ3) is 5.05. The van der Waals surface area contributed by atoms with Crippen LogP contribution in [0.3, 0.4) is 0 Å². The fraction of sp³-hybridized carbons (Fsp3) is 0.857. The van der Waals surface area contributed by atoms with Gasteiger partial charge in [0.1, 0.15) is 0 Å². The van der Waals surface area contributed by atoms with Gasteiger partial charge in [-0.15, -0.1) is 0 Å². The summed E-state index contributed by atoms with van der Waals surface area (Å²) >= 11 is 0. The molecule has 3 N–H and O–H groups in total. The van der Waals surface area contributed by atoms with Crippen LogP contribution in [0.5, 0.6) is 0 Å². The summed E-state index contributed by atoms with van der Waals surface area (Å²) in [5.41, 5.74) is 1.30. The van der Waals surface area contributed by atoms with Gasteiger partial charge in [0.15, 0.2) is 0 Å². The zero-order valence-corrected chi connectivity index (χ0v) is 8.05. The van der Waals surface area contributed by atoms with E-state index in [1.165, 1.54) is 5.43 Å². The van der Waals surface area contributed by atoms with Gasteiger partial charge in [-0.2, -0.15) is 8.78 Å². The van der Waals surface area contributed by atoms with Gasteiger partial charge in [-0.05, 0) is 13.8 Å². The van der Waals surface area contributed by atoms with E-state index in [1.807, 2.05) is 0 Å². The van der Waals surface area contributed by atoms with Crippen LogP contribution in [-0.2, 0) is 14.3 Å². The first-order valence-corrected chi connectivity index (χ1v) is 4.04. The highest BCUT2D eigenvalue weighted by atomic mass is 19.3. The quantitative estimate of drug-likeness (QED) is 0.281. The average Bonchev–Trinajstić information content (AvgIpc) is 2.10. The minimum Gasteiger partial charge on any atom is -0.376 e. The highest BCUT2D eigenvalue weighted by molar-refractivity contribution is 5.81. The van der Waals surface area contributed by atoms with Gasteiger partial charge in [-0.3, -0.25) is 10.2 Å². The maximum absolute atomic E-state index is 12.6. The number of carbonyl (C=O) groups is 1. The highest BCUT2D eigenvalue weighted by Gasteiger charge is 2.39. The summed E-state index contributed by atoms with van der Waals surface area (Å²) in [4.78, 5) is 10.4. The van der Waals surface area contributed by atoms with Crippen molar-refractivity contribution < 1.29 is 23.0 Å². The lowest BCUT2D eigenvalue weighted by Gasteiger charge is -2.15. The second kappa shape index (κ2) is 5.84. The number of amides is 1. The Hall–Kier alpha value is -0.790. The summed E-state index contributed by atoms with van der Waals surface area (Å²) in [6.45, 7) is 3.12. The number of alkyl halides is 2. The van der Waals surface area contributed by atoms with Gasteiger partial charge in [0.05, 0.1) is 19.3 Å². The molecular formula is C7H14F2N2O3. The van der Waals surface area contributed by atoms with Crippen LogP contribution < -0.4 is 11.3 Å². The van der Waals surface area contributed by atoms with E-state index in [0.29, 0.717) is 0 Å². The minimum absolute atomic E-state index is 0.00882. The third-order valence-electron chi connectivity index (χ3n) is 1.21. The van der Waals surface area contributed by atoms with Gasteiger partial charge in [0.25, 0.3) is 0 Å². The van der Waals surface area contributed by atoms with E-state index in [2.05, 4.69) is 10.6 Å². The van der Waals surface area contributed by atoms with Crippen molar-refractivity contribution in [3.63, 3.8) is 0 Å². The molecule has 0 aliphatic carbocycles. The summed E-state index contributed by atoms with van der Waals surface area (Å²) in [5.74, 6) is 2.84. The first-order chi connectivity index (χ1) is 6.40. The van der Waals surface area contributed by atoms with Crippen molar-refractivity contribution in [3.05, 3.63) is 0 Å². The zero-order valence-electron chi connectivity index (χ0n) is 8.05. The maximum atomic E-state index is 12.6. The summed E-state index contributed by atoms with van der Waals surface area (Å²) in [5, 5.41) is 0.